The average Bonchev–Trinajstić information content (AvgIpc) is 2.49. The molecule has 1 rings (SSSR count). The van der Waals surface area contributed by atoms with Crippen LogP contribution in [0.5, 0.6) is 0 Å². The van der Waals surface area contributed by atoms with Crippen LogP contribution in [0.4, 0.5) is 0 Å². The molecule has 0 aromatic carbocycles. The van der Waals surface area contributed by atoms with Crippen LogP contribution in [-0.4, -0.2) is 38.4 Å². The Bertz CT molecular complexity index is 141. The van der Waals surface area contributed by atoms with Gasteiger partial charge in [0.2, 0.25) is 0 Å². The van der Waals surface area contributed by atoms with E-state index in [0.717, 1.165) is 13.1 Å². The molecule has 78 valence electrons. The summed E-state index contributed by atoms with van der Waals surface area (Å²) >= 11 is 0. The van der Waals surface area contributed by atoms with E-state index in [1.165, 1.54) is 12.8 Å². The lowest BCUT2D eigenvalue weighted by molar-refractivity contribution is 0.0547. The SMILES string of the molecule is CNCC(C)NCC1CCC(C)O1. The Kier molecular flexibility index (Phi) is 4.70. The first-order valence-electron chi connectivity index (χ1n) is 5.25. The van der Waals surface area contributed by atoms with E-state index in [9.17, 15) is 0 Å². The monoisotopic (exact) mass is 186 g/mol. The standard InChI is InChI=1S/C10H22N2O/c1-8(6-11-3)12-7-10-5-4-9(2)13-10/h8-12H,4-7H2,1-3H3. The number of hydrogen-bond acceptors (Lipinski definition) is 3. The zero-order valence-corrected chi connectivity index (χ0v) is 8.97. The van der Waals surface area contributed by atoms with E-state index < -0.39 is 0 Å². The molecular formula is C10H22N2O. The van der Waals surface area contributed by atoms with Crippen molar-refractivity contribution in [3.63, 3.8) is 0 Å². The summed E-state index contributed by atoms with van der Waals surface area (Å²) in [6.45, 7) is 6.35. The summed E-state index contributed by atoms with van der Waals surface area (Å²) in [4.78, 5) is 0. The second kappa shape index (κ2) is 5.58. The second-order valence-corrected chi connectivity index (χ2v) is 4.01. The fourth-order valence-electron chi connectivity index (χ4n) is 1.75. The van der Waals surface area contributed by atoms with Crippen molar-refractivity contribution >= 4 is 0 Å². The summed E-state index contributed by atoms with van der Waals surface area (Å²) in [6, 6.07) is 0.532. The smallest absolute Gasteiger partial charge is 0.0704 e. The average molecular weight is 186 g/mol. The van der Waals surface area contributed by atoms with Crippen LogP contribution in [0.1, 0.15) is 26.7 Å². The van der Waals surface area contributed by atoms with Crippen molar-refractivity contribution in [2.75, 3.05) is 20.1 Å². The molecule has 0 saturated carbocycles. The molecule has 1 aliphatic heterocycles. The summed E-state index contributed by atoms with van der Waals surface area (Å²) < 4.78 is 5.71. The highest BCUT2D eigenvalue weighted by atomic mass is 16.5. The van der Waals surface area contributed by atoms with Gasteiger partial charge in [-0.05, 0) is 33.7 Å². The van der Waals surface area contributed by atoms with Gasteiger partial charge in [-0.2, -0.15) is 0 Å². The van der Waals surface area contributed by atoms with Gasteiger partial charge in [-0.25, -0.2) is 0 Å². The highest BCUT2D eigenvalue weighted by molar-refractivity contribution is 4.74. The Morgan fingerprint density at radius 1 is 1.46 bits per heavy atom. The van der Waals surface area contributed by atoms with Crippen LogP contribution >= 0.6 is 0 Å². The van der Waals surface area contributed by atoms with Crippen molar-refractivity contribution in [2.45, 2.75) is 44.9 Å². The van der Waals surface area contributed by atoms with E-state index in [1.54, 1.807) is 0 Å². The molecule has 0 radical (unpaired) electrons. The summed E-state index contributed by atoms with van der Waals surface area (Å²) in [7, 11) is 1.98. The third-order valence-electron chi connectivity index (χ3n) is 2.52. The van der Waals surface area contributed by atoms with Gasteiger partial charge < -0.3 is 15.4 Å². The van der Waals surface area contributed by atoms with Crippen LogP contribution in [0.2, 0.25) is 0 Å². The molecule has 0 aromatic heterocycles. The van der Waals surface area contributed by atoms with Gasteiger partial charge in [0.15, 0.2) is 0 Å². The maximum atomic E-state index is 5.71. The van der Waals surface area contributed by atoms with E-state index in [1.807, 2.05) is 7.05 Å². The van der Waals surface area contributed by atoms with Gasteiger partial charge in [0.05, 0.1) is 12.2 Å². The Balaban J connectivity index is 2.05. The molecule has 2 N–H and O–H groups in total. The molecule has 1 aliphatic rings. The maximum absolute atomic E-state index is 5.71. The van der Waals surface area contributed by atoms with Gasteiger partial charge in [-0.1, -0.05) is 0 Å². The van der Waals surface area contributed by atoms with Crippen molar-refractivity contribution in [3.05, 3.63) is 0 Å². The lowest BCUT2D eigenvalue weighted by atomic mass is 10.2. The van der Waals surface area contributed by atoms with E-state index in [2.05, 4.69) is 24.5 Å². The van der Waals surface area contributed by atoms with Crippen molar-refractivity contribution in [1.29, 1.82) is 0 Å². The number of rotatable bonds is 5. The summed E-state index contributed by atoms with van der Waals surface area (Å²) in [5.74, 6) is 0. The minimum absolute atomic E-state index is 0.439. The van der Waals surface area contributed by atoms with Crippen LogP contribution in [0.15, 0.2) is 0 Å². The lowest BCUT2D eigenvalue weighted by Crippen LogP contribution is -2.39. The Morgan fingerprint density at radius 3 is 2.77 bits per heavy atom. The van der Waals surface area contributed by atoms with E-state index in [0.29, 0.717) is 18.2 Å². The van der Waals surface area contributed by atoms with E-state index in [-0.39, 0.29) is 0 Å². The van der Waals surface area contributed by atoms with Gasteiger partial charge in [0, 0.05) is 19.1 Å². The molecule has 3 unspecified atom stereocenters. The highest BCUT2D eigenvalue weighted by Crippen LogP contribution is 2.18. The molecule has 0 amide bonds. The molecule has 3 nitrogen and oxygen atoms in total. The molecular weight excluding hydrogens is 164 g/mol. The molecule has 13 heavy (non-hydrogen) atoms. The molecule has 1 fully saturated rings. The van der Waals surface area contributed by atoms with E-state index in [4.69, 9.17) is 4.74 Å². The first kappa shape index (κ1) is 11.0. The van der Waals surface area contributed by atoms with Crippen LogP contribution in [-0.2, 0) is 4.74 Å². The molecule has 0 bridgehead atoms. The Morgan fingerprint density at radius 2 is 2.23 bits per heavy atom. The van der Waals surface area contributed by atoms with Crippen molar-refractivity contribution in [2.24, 2.45) is 0 Å². The van der Waals surface area contributed by atoms with Crippen LogP contribution < -0.4 is 10.6 Å². The quantitative estimate of drug-likeness (QED) is 0.665. The molecule has 1 heterocycles. The summed E-state index contributed by atoms with van der Waals surface area (Å²) in [5.41, 5.74) is 0. The first-order valence-corrected chi connectivity index (χ1v) is 5.25. The fourth-order valence-corrected chi connectivity index (χ4v) is 1.75. The molecule has 0 aliphatic carbocycles. The summed E-state index contributed by atoms with van der Waals surface area (Å²) in [5, 5.41) is 6.61. The van der Waals surface area contributed by atoms with Crippen LogP contribution in [0.25, 0.3) is 0 Å². The van der Waals surface area contributed by atoms with Crippen molar-refractivity contribution in [1.82, 2.24) is 10.6 Å². The molecule has 0 aromatic rings. The molecule has 3 atom stereocenters. The normalized spacial score (nSPS) is 30.7. The molecule has 3 heteroatoms. The predicted octanol–water partition coefficient (Wildman–Crippen LogP) is 0.751. The predicted molar refractivity (Wildman–Crippen MR) is 55.0 cm³/mol. The largest absolute Gasteiger partial charge is 0.374 e. The van der Waals surface area contributed by atoms with Gasteiger partial charge in [0.1, 0.15) is 0 Å². The number of ether oxygens (including phenoxy) is 1. The zero-order valence-electron chi connectivity index (χ0n) is 8.97. The first-order chi connectivity index (χ1) is 6.22. The molecule has 0 spiro atoms. The van der Waals surface area contributed by atoms with E-state index >= 15 is 0 Å². The lowest BCUT2D eigenvalue weighted by Gasteiger charge is -2.17. The highest BCUT2D eigenvalue weighted by Gasteiger charge is 2.21. The Labute approximate surface area is 81.2 Å². The Hall–Kier alpha value is -0.120. The van der Waals surface area contributed by atoms with Crippen molar-refractivity contribution in [3.8, 4) is 0 Å². The minimum atomic E-state index is 0.439. The van der Waals surface area contributed by atoms with Crippen LogP contribution in [0, 0.1) is 0 Å². The van der Waals surface area contributed by atoms with Crippen LogP contribution in [0.3, 0.4) is 0 Å². The number of hydrogen-bond donors (Lipinski definition) is 2. The van der Waals surface area contributed by atoms with Gasteiger partial charge in [-0.3, -0.25) is 0 Å². The molecule has 1 saturated heterocycles. The van der Waals surface area contributed by atoms with Crippen molar-refractivity contribution < 1.29 is 4.74 Å². The van der Waals surface area contributed by atoms with Gasteiger partial charge in [0.25, 0.3) is 0 Å². The third kappa shape index (κ3) is 4.07. The fraction of sp³-hybridized carbons (Fsp3) is 1.00. The zero-order chi connectivity index (χ0) is 9.68. The minimum Gasteiger partial charge on any atom is -0.374 e. The van der Waals surface area contributed by atoms with Gasteiger partial charge in [-0.15, -0.1) is 0 Å². The number of nitrogens with one attached hydrogen (secondary N) is 2. The topological polar surface area (TPSA) is 33.3 Å². The summed E-state index contributed by atoms with van der Waals surface area (Å²) in [6.07, 6.45) is 3.33. The number of likely N-dealkylation sites (N-methyl/N-ethyl adjacent to an activating group) is 1. The third-order valence-corrected chi connectivity index (χ3v) is 2.52. The maximum Gasteiger partial charge on any atom is 0.0704 e. The second-order valence-electron chi connectivity index (χ2n) is 4.01. The van der Waals surface area contributed by atoms with Gasteiger partial charge >= 0.3 is 0 Å².